The van der Waals surface area contributed by atoms with Crippen LogP contribution in [-0.4, -0.2) is 16.2 Å². The zero-order valence-electron chi connectivity index (χ0n) is 8.85. The van der Waals surface area contributed by atoms with Crippen molar-refractivity contribution in [3.05, 3.63) is 34.1 Å². The monoisotopic (exact) mass is 235 g/mol. The SMILES string of the molecule is c1csc(Cc2noc(CNC3CC3)n2)c1. The van der Waals surface area contributed by atoms with Gasteiger partial charge in [0.05, 0.1) is 6.54 Å². The van der Waals surface area contributed by atoms with Gasteiger partial charge in [0.15, 0.2) is 5.82 Å². The summed E-state index contributed by atoms with van der Waals surface area (Å²) < 4.78 is 5.17. The average Bonchev–Trinajstić information content (AvgIpc) is 2.78. The minimum Gasteiger partial charge on any atom is -0.338 e. The number of hydrogen-bond acceptors (Lipinski definition) is 5. The molecule has 0 radical (unpaired) electrons. The second-order valence-electron chi connectivity index (χ2n) is 4.02. The van der Waals surface area contributed by atoms with Crippen molar-refractivity contribution in [1.82, 2.24) is 15.5 Å². The first kappa shape index (κ1) is 9.99. The average molecular weight is 235 g/mol. The molecular weight excluding hydrogens is 222 g/mol. The molecule has 1 saturated carbocycles. The quantitative estimate of drug-likeness (QED) is 0.861. The fraction of sp³-hybridized carbons (Fsp3) is 0.455. The van der Waals surface area contributed by atoms with Crippen LogP contribution in [0.5, 0.6) is 0 Å². The van der Waals surface area contributed by atoms with Crippen LogP contribution in [0.15, 0.2) is 22.0 Å². The van der Waals surface area contributed by atoms with Crippen LogP contribution in [0.4, 0.5) is 0 Å². The van der Waals surface area contributed by atoms with Crippen LogP contribution >= 0.6 is 11.3 Å². The molecule has 3 rings (SSSR count). The van der Waals surface area contributed by atoms with Crippen molar-refractivity contribution in [2.24, 2.45) is 0 Å². The lowest BCUT2D eigenvalue weighted by Gasteiger charge is -1.94. The summed E-state index contributed by atoms with van der Waals surface area (Å²) in [4.78, 5) is 5.62. The van der Waals surface area contributed by atoms with Gasteiger partial charge >= 0.3 is 0 Å². The second-order valence-corrected chi connectivity index (χ2v) is 5.05. The third-order valence-corrected chi connectivity index (χ3v) is 3.42. The van der Waals surface area contributed by atoms with Gasteiger partial charge < -0.3 is 9.84 Å². The minimum atomic E-state index is 0.674. The number of nitrogens with one attached hydrogen (secondary N) is 1. The van der Waals surface area contributed by atoms with Gasteiger partial charge in [-0.1, -0.05) is 11.2 Å². The lowest BCUT2D eigenvalue weighted by atomic mass is 10.3. The fourth-order valence-electron chi connectivity index (χ4n) is 1.52. The van der Waals surface area contributed by atoms with Crippen molar-refractivity contribution in [1.29, 1.82) is 0 Å². The van der Waals surface area contributed by atoms with E-state index in [4.69, 9.17) is 4.52 Å². The molecule has 84 valence electrons. The van der Waals surface area contributed by atoms with E-state index in [9.17, 15) is 0 Å². The maximum Gasteiger partial charge on any atom is 0.240 e. The Morgan fingerprint density at radius 2 is 2.44 bits per heavy atom. The normalized spacial score (nSPS) is 15.5. The smallest absolute Gasteiger partial charge is 0.240 e. The molecule has 2 aromatic rings. The van der Waals surface area contributed by atoms with Gasteiger partial charge in [0.1, 0.15) is 0 Å². The van der Waals surface area contributed by atoms with Crippen LogP contribution in [0, 0.1) is 0 Å². The van der Waals surface area contributed by atoms with Gasteiger partial charge in [0, 0.05) is 17.3 Å². The summed E-state index contributed by atoms with van der Waals surface area (Å²) >= 11 is 1.72. The zero-order valence-corrected chi connectivity index (χ0v) is 9.67. The van der Waals surface area contributed by atoms with Crippen molar-refractivity contribution in [3.63, 3.8) is 0 Å². The summed E-state index contributed by atoms with van der Waals surface area (Å²) in [7, 11) is 0. The van der Waals surface area contributed by atoms with Crippen molar-refractivity contribution >= 4 is 11.3 Å². The first-order chi connectivity index (χ1) is 7.90. The highest BCUT2D eigenvalue weighted by Gasteiger charge is 2.21. The molecule has 4 nitrogen and oxygen atoms in total. The first-order valence-corrected chi connectivity index (χ1v) is 6.35. The van der Waals surface area contributed by atoms with Gasteiger partial charge in [0.2, 0.25) is 5.89 Å². The predicted octanol–water partition coefficient (Wildman–Crippen LogP) is 1.97. The molecule has 0 spiro atoms. The molecule has 0 aromatic carbocycles. The molecule has 0 bridgehead atoms. The number of nitrogens with zero attached hydrogens (tertiary/aromatic N) is 2. The highest BCUT2D eigenvalue weighted by Crippen LogP contribution is 2.19. The molecule has 0 atom stereocenters. The van der Waals surface area contributed by atoms with Gasteiger partial charge in [0.25, 0.3) is 0 Å². The van der Waals surface area contributed by atoms with Crippen LogP contribution in [0.2, 0.25) is 0 Å². The lowest BCUT2D eigenvalue weighted by molar-refractivity contribution is 0.363. The van der Waals surface area contributed by atoms with E-state index in [2.05, 4.69) is 26.9 Å². The Morgan fingerprint density at radius 1 is 1.50 bits per heavy atom. The second kappa shape index (κ2) is 4.35. The Morgan fingerprint density at radius 3 is 3.19 bits per heavy atom. The summed E-state index contributed by atoms with van der Waals surface area (Å²) in [5.41, 5.74) is 0. The van der Waals surface area contributed by atoms with Gasteiger partial charge in [-0.15, -0.1) is 11.3 Å². The summed E-state index contributed by atoms with van der Waals surface area (Å²) in [5, 5.41) is 9.38. The highest BCUT2D eigenvalue weighted by molar-refractivity contribution is 7.09. The maximum atomic E-state index is 5.17. The molecule has 0 unspecified atom stereocenters. The van der Waals surface area contributed by atoms with Crippen LogP contribution < -0.4 is 5.32 Å². The topological polar surface area (TPSA) is 51.0 Å². The van der Waals surface area contributed by atoms with Gasteiger partial charge in [-0.3, -0.25) is 0 Å². The lowest BCUT2D eigenvalue weighted by Crippen LogP contribution is -2.15. The summed E-state index contributed by atoms with van der Waals surface area (Å²) in [5.74, 6) is 1.47. The number of rotatable bonds is 5. The Bertz CT molecular complexity index is 448. The minimum absolute atomic E-state index is 0.674. The third kappa shape index (κ3) is 2.48. The molecule has 0 aliphatic heterocycles. The Kier molecular flexibility index (Phi) is 2.71. The first-order valence-electron chi connectivity index (χ1n) is 5.47. The highest BCUT2D eigenvalue weighted by atomic mass is 32.1. The number of aromatic nitrogens is 2. The number of thiophene rings is 1. The van der Waals surface area contributed by atoms with E-state index in [0.717, 1.165) is 12.2 Å². The Balaban J connectivity index is 1.58. The standard InChI is InChI=1S/C11H13N3OS/c1-2-9(16-5-1)6-10-13-11(15-14-10)7-12-8-3-4-8/h1-2,5,8,12H,3-4,6-7H2. The van der Waals surface area contributed by atoms with Crippen molar-refractivity contribution in [2.45, 2.75) is 31.8 Å². The number of hydrogen-bond donors (Lipinski definition) is 1. The summed E-state index contributed by atoms with van der Waals surface area (Å²) in [6.45, 7) is 0.697. The largest absolute Gasteiger partial charge is 0.338 e. The molecule has 1 N–H and O–H groups in total. The van der Waals surface area contributed by atoms with Crippen LogP contribution in [0.25, 0.3) is 0 Å². The summed E-state index contributed by atoms with van der Waals surface area (Å²) in [6.07, 6.45) is 3.32. The molecule has 0 saturated heterocycles. The fourth-order valence-corrected chi connectivity index (χ4v) is 2.22. The van der Waals surface area contributed by atoms with E-state index in [1.54, 1.807) is 11.3 Å². The van der Waals surface area contributed by atoms with E-state index >= 15 is 0 Å². The summed E-state index contributed by atoms with van der Waals surface area (Å²) in [6, 6.07) is 4.80. The maximum absolute atomic E-state index is 5.17. The molecule has 1 aliphatic carbocycles. The zero-order chi connectivity index (χ0) is 10.8. The van der Waals surface area contributed by atoms with Gasteiger partial charge in [-0.05, 0) is 24.3 Å². The molecule has 5 heteroatoms. The van der Waals surface area contributed by atoms with Crippen molar-refractivity contribution in [3.8, 4) is 0 Å². The molecular formula is C11H13N3OS. The molecule has 1 aliphatic rings. The van der Waals surface area contributed by atoms with E-state index in [1.807, 2.05) is 6.07 Å². The van der Waals surface area contributed by atoms with E-state index < -0.39 is 0 Å². The van der Waals surface area contributed by atoms with Crippen LogP contribution in [0.3, 0.4) is 0 Å². The Hall–Kier alpha value is -1.20. The molecule has 16 heavy (non-hydrogen) atoms. The van der Waals surface area contributed by atoms with Gasteiger partial charge in [-0.2, -0.15) is 4.98 Å². The van der Waals surface area contributed by atoms with Crippen molar-refractivity contribution in [2.75, 3.05) is 0 Å². The van der Waals surface area contributed by atoms with E-state index in [1.165, 1.54) is 17.7 Å². The van der Waals surface area contributed by atoms with E-state index in [-0.39, 0.29) is 0 Å². The molecule has 2 aromatic heterocycles. The van der Waals surface area contributed by atoms with Gasteiger partial charge in [-0.25, -0.2) is 0 Å². The molecule has 0 amide bonds. The van der Waals surface area contributed by atoms with E-state index in [0.29, 0.717) is 18.5 Å². The van der Waals surface area contributed by atoms with Crippen molar-refractivity contribution < 1.29 is 4.52 Å². The Labute approximate surface area is 97.7 Å². The third-order valence-electron chi connectivity index (χ3n) is 2.54. The molecule has 1 fully saturated rings. The van der Waals surface area contributed by atoms with Crippen LogP contribution in [0.1, 0.15) is 29.4 Å². The van der Waals surface area contributed by atoms with Crippen LogP contribution in [-0.2, 0) is 13.0 Å². The molecule has 2 heterocycles. The predicted molar refractivity (Wildman–Crippen MR) is 61.3 cm³/mol.